The number of rotatable bonds is 8. The largest absolute Gasteiger partial charge is 0.462 e. The number of hydrogen-bond acceptors (Lipinski definition) is 15. The van der Waals surface area contributed by atoms with Crippen LogP contribution in [0.3, 0.4) is 0 Å². The summed E-state index contributed by atoms with van der Waals surface area (Å²) in [6, 6.07) is 0. The predicted octanol–water partition coefficient (Wildman–Crippen LogP) is 5.13. The summed E-state index contributed by atoms with van der Waals surface area (Å²) < 4.78 is 63.8. The molecule has 0 amide bonds. The molecule has 7 rings (SSSR count). The van der Waals surface area contributed by atoms with Crippen LogP contribution in [0.15, 0.2) is 58.7 Å². The topological polar surface area (TPSA) is 190 Å². The number of carbonyl (C=O) groups excluding carboxylic acids is 1. The van der Waals surface area contributed by atoms with Crippen LogP contribution in [0.5, 0.6) is 0 Å². The Kier molecular flexibility index (Phi) is 16.1. The standard InChI is InChI=1S/C50H76O15/c1-25(2)17-29(6)45-30(7)37(51)23-49(65-45)22-35-19-34(64-49)16-15-27(4)44(26(3)13-12-14-33-24-58-47-42(52)28(5)18-36(48(54)61-35)50(33,47)55)62-41-21-39(57-11)46(32(9)60-41)63-40-20-38(56-10)43(53)31(8)59-40/h12-15,17-18,25-26,30-32,34-47,51-53,55H,16,19-24H2,1-11H3/b13-12+,27-15+,29-17+,33-14+/t26-,30-,31-,32-,34+,35-,36-,37-,38-,39-,40-,41-,42+,43-,44-,45?,46-,47+,49-,50+/m0/s1. The molecule has 0 radical (unpaired) electrons. The second-order valence-electron chi connectivity index (χ2n) is 20.2. The van der Waals surface area contributed by atoms with Crippen molar-refractivity contribution in [3.05, 3.63) is 58.7 Å². The second kappa shape index (κ2) is 20.7. The van der Waals surface area contributed by atoms with Gasteiger partial charge in [0.1, 0.15) is 42.0 Å². The van der Waals surface area contributed by atoms with Crippen LogP contribution in [0, 0.1) is 23.7 Å². The quantitative estimate of drug-likeness (QED) is 0.185. The molecule has 0 aromatic heterocycles. The summed E-state index contributed by atoms with van der Waals surface area (Å²) in [4.78, 5) is 14.4. The molecule has 15 nitrogen and oxygen atoms in total. The summed E-state index contributed by atoms with van der Waals surface area (Å²) in [5.74, 6) is -3.23. The number of allylic oxidation sites excluding steroid dienone is 3. The Morgan fingerprint density at radius 1 is 0.892 bits per heavy atom. The summed E-state index contributed by atoms with van der Waals surface area (Å²) in [6.07, 6.45) is 3.86. The monoisotopic (exact) mass is 917 g/mol. The number of aliphatic hydroxyl groups is 4. The third-order valence-electron chi connectivity index (χ3n) is 14.8. The molecule has 15 heteroatoms. The second-order valence-corrected chi connectivity index (χ2v) is 20.2. The summed E-state index contributed by atoms with van der Waals surface area (Å²) in [6.45, 7) is 17.7. The van der Waals surface area contributed by atoms with Crippen molar-refractivity contribution in [2.45, 2.75) is 204 Å². The molecule has 5 fully saturated rings. The minimum atomic E-state index is -1.88. The Morgan fingerprint density at radius 2 is 1.58 bits per heavy atom. The number of aliphatic hydroxyl groups excluding tert-OH is 3. The Labute approximate surface area is 385 Å². The number of ether oxygens (including phenoxy) is 10. The van der Waals surface area contributed by atoms with E-state index in [4.69, 9.17) is 47.4 Å². The zero-order chi connectivity index (χ0) is 47.1. The van der Waals surface area contributed by atoms with Crippen molar-refractivity contribution in [3.8, 4) is 0 Å². The fourth-order valence-electron chi connectivity index (χ4n) is 11.2. The number of fused-ring (bicyclic) bond motifs is 2. The molecular formula is C50H76O15. The van der Waals surface area contributed by atoms with E-state index in [9.17, 15) is 25.2 Å². The summed E-state index contributed by atoms with van der Waals surface area (Å²) >= 11 is 0. The van der Waals surface area contributed by atoms with Crippen LogP contribution in [-0.4, -0.2) is 151 Å². The van der Waals surface area contributed by atoms with E-state index in [1.165, 1.54) is 0 Å². The molecule has 0 aromatic rings. The Morgan fingerprint density at radius 3 is 2.29 bits per heavy atom. The third kappa shape index (κ3) is 10.6. The van der Waals surface area contributed by atoms with Crippen LogP contribution in [0.2, 0.25) is 0 Å². The van der Waals surface area contributed by atoms with Crippen LogP contribution in [-0.2, 0) is 52.2 Å². The van der Waals surface area contributed by atoms with Crippen LogP contribution in [0.1, 0.15) is 101 Å². The number of hydrogen-bond donors (Lipinski definition) is 4. The lowest BCUT2D eigenvalue weighted by Crippen LogP contribution is -2.59. The van der Waals surface area contributed by atoms with E-state index in [0.29, 0.717) is 36.8 Å². The molecule has 20 atom stereocenters. The van der Waals surface area contributed by atoms with Crippen molar-refractivity contribution < 1.29 is 72.6 Å². The molecule has 2 bridgehead atoms. The van der Waals surface area contributed by atoms with Crippen LogP contribution >= 0.6 is 0 Å². The highest BCUT2D eigenvalue weighted by Gasteiger charge is 2.60. The van der Waals surface area contributed by atoms with Gasteiger partial charge in [0.05, 0.1) is 55.4 Å². The first-order chi connectivity index (χ1) is 30.8. The van der Waals surface area contributed by atoms with Gasteiger partial charge in [-0.05, 0) is 69.2 Å². The highest BCUT2D eigenvalue weighted by molar-refractivity contribution is 5.78. The van der Waals surface area contributed by atoms with Gasteiger partial charge < -0.3 is 67.8 Å². The zero-order valence-corrected chi connectivity index (χ0v) is 40.2. The van der Waals surface area contributed by atoms with Gasteiger partial charge in [-0.15, -0.1) is 0 Å². The van der Waals surface area contributed by atoms with Gasteiger partial charge >= 0.3 is 5.97 Å². The van der Waals surface area contributed by atoms with Crippen LogP contribution in [0.25, 0.3) is 0 Å². The van der Waals surface area contributed by atoms with Crippen LogP contribution in [0.4, 0.5) is 0 Å². The van der Waals surface area contributed by atoms with Crippen molar-refractivity contribution in [2.75, 3.05) is 20.8 Å². The molecule has 7 aliphatic rings. The van der Waals surface area contributed by atoms with E-state index in [1.54, 1.807) is 40.2 Å². The van der Waals surface area contributed by atoms with E-state index in [0.717, 1.165) is 11.1 Å². The molecule has 6 heterocycles. The lowest BCUT2D eigenvalue weighted by atomic mass is 9.71. The van der Waals surface area contributed by atoms with Gasteiger partial charge in [-0.2, -0.15) is 0 Å². The highest BCUT2D eigenvalue weighted by atomic mass is 16.7. The van der Waals surface area contributed by atoms with Crippen molar-refractivity contribution >= 4 is 5.97 Å². The minimum absolute atomic E-state index is 0.00463. The molecule has 4 N–H and O–H groups in total. The highest BCUT2D eigenvalue weighted by Crippen LogP contribution is 2.48. The average molecular weight is 917 g/mol. The molecule has 1 unspecified atom stereocenters. The van der Waals surface area contributed by atoms with Gasteiger partial charge in [-0.25, -0.2) is 0 Å². The Bertz CT molecular complexity index is 1830. The van der Waals surface area contributed by atoms with Gasteiger partial charge in [0.15, 0.2) is 18.4 Å². The Balaban J connectivity index is 1.20. The smallest absolute Gasteiger partial charge is 0.316 e. The van der Waals surface area contributed by atoms with Crippen molar-refractivity contribution in [1.82, 2.24) is 0 Å². The fourth-order valence-corrected chi connectivity index (χ4v) is 11.2. The lowest BCUT2D eigenvalue weighted by Gasteiger charge is -2.51. The van der Waals surface area contributed by atoms with Gasteiger partial charge in [0.2, 0.25) is 0 Å². The molecule has 0 saturated carbocycles. The summed E-state index contributed by atoms with van der Waals surface area (Å²) in [5.41, 5.74) is 0.989. The molecule has 5 saturated heterocycles. The lowest BCUT2D eigenvalue weighted by molar-refractivity contribution is -0.343. The van der Waals surface area contributed by atoms with Gasteiger partial charge in [0, 0.05) is 58.2 Å². The van der Waals surface area contributed by atoms with E-state index < -0.39 is 115 Å². The molecule has 65 heavy (non-hydrogen) atoms. The van der Waals surface area contributed by atoms with Gasteiger partial charge in [0.25, 0.3) is 0 Å². The number of methoxy groups -OCH3 is 2. The summed E-state index contributed by atoms with van der Waals surface area (Å²) in [7, 11) is 3.20. The molecule has 0 aromatic carbocycles. The maximum Gasteiger partial charge on any atom is 0.316 e. The Hall–Kier alpha value is -2.35. The number of esters is 1. The predicted molar refractivity (Wildman–Crippen MR) is 238 cm³/mol. The van der Waals surface area contributed by atoms with Gasteiger partial charge in [-0.3, -0.25) is 4.79 Å². The maximum atomic E-state index is 14.4. The van der Waals surface area contributed by atoms with Gasteiger partial charge in [-0.1, -0.05) is 64.2 Å². The average Bonchev–Trinajstić information content (AvgIpc) is 3.59. The van der Waals surface area contributed by atoms with Crippen molar-refractivity contribution in [3.63, 3.8) is 0 Å². The third-order valence-corrected chi connectivity index (χ3v) is 14.8. The van der Waals surface area contributed by atoms with Crippen molar-refractivity contribution in [1.29, 1.82) is 0 Å². The first-order valence-electron chi connectivity index (χ1n) is 23.8. The molecular weight excluding hydrogens is 841 g/mol. The molecule has 366 valence electrons. The van der Waals surface area contributed by atoms with Crippen LogP contribution < -0.4 is 0 Å². The van der Waals surface area contributed by atoms with E-state index >= 15 is 0 Å². The zero-order valence-electron chi connectivity index (χ0n) is 40.2. The number of carbonyl (C=O) groups is 1. The maximum absolute atomic E-state index is 14.4. The molecule has 1 spiro atoms. The first kappa shape index (κ1) is 50.5. The summed E-state index contributed by atoms with van der Waals surface area (Å²) in [5, 5.41) is 45.9. The SMILES string of the molecule is CO[C@H]1C[C@H](O[C@H]2[C@H](C)O[C@@H](O[C@@H]3/C(C)=C/C[C@@H]4C[C@@H](C[C@]5(C[C@H](O)[C@H](C)C(/C(C)=C/C(C)C)O5)O4)OC(=O)[C@@H]4C=C(C)[C@@H](O)[C@H]5OC/C(=C\C=C\[C@@H]3C)[C@]54O)C[C@@H]2OC)O[C@@H](C)[C@@H]1O. The van der Waals surface area contributed by atoms with Crippen molar-refractivity contribution in [2.24, 2.45) is 23.7 Å². The normalized spacial score (nSPS) is 48.7. The fraction of sp³-hybridized carbons (Fsp3) is 0.780. The minimum Gasteiger partial charge on any atom is -0.462 e. The first-order valence-corrected chi connectivity index (χ1v) is 23.8. The van der Waals surface area contributed by atoms with E-state index in [2.05, 4.69) is 26.0 Å². The molecule has 1 aliphatic carbocycles. The van der Waals surface area contributed by atoms with E-state index in [-0.39, 0.29) is 37.2 Å². The molecule has 6 aliphatic heterocycles. The van der Waals surface area contributed by atoms with E-state index in [1.807, 2.05) is 46.8 Å².